The summed E-state index contributed by atoms with van der Waals surface area (Å²) in [7, 11) is 0. The Kier molecular flexibility index (Phi) is 2.99. The molecule has 0 saturated carbocycles. The molecular weight excluding hydrogens is 219 g/mol. The molecule has 1 nitrogen and oxygen atoms in total. The molecule has 0 fully saturated rings. The van der Waals surface area contributed by atoms with Crippen LogP contribution in [0.25, 0.3) is 0 Å². The van der Waals surface area contributed by atoms with E-state index < -0.39 is 0 Å². The molecule has 0 aliphatic heterocycles. The highest BCUT2D eigenvalue weighted by Gasteiger charge is 2.07. The molecule has 0 atom stereocenters. The standard InChI is InChI=1S/C11H10Cl2O/c12-8-5-9(13)7-11(6-8)14-10-3-1-2-4-10/h3,5-7H,1-2,4H2. The molecule has 1 aliphatic carbocycles. The summed E-state index contributed by atoms with van der Waals surface area (Å²) in [5.41, 5.74) is 0. The molecule has 1 aliphatic rings. The number of ether oxygens (including phenoxy) is 1. The molecule has 0 aromatic heterocycles. The Morgan fingerprint density at radius 3 is 2.36 bits per heavy atom. The first-order valence-corrected chi connectivity index (χ1v) is 5.32. The van der Waals surface area contributed by atoms with Crippen LogP contribution in [-0.4, -0.2) is 0 Å². The minimum absolute atomic E-state index is 0.603. The Morgan fingerprint density at radius 2 is 1.79 bits per heavy atom. The van der Waals surface area contributed by atoms with Gasteiger partial charge >= 0.3 is 0 Å². The van der Waals surface area contributed by atoms with E-state index in [0.717, 1.165) is 24.4 Å². The number of hydrogen-bond donors (Lipinski definition) is 0. The molecule has 1 aromatic carbocycles. The first-order chi connectivity index (χ1) is 6.74. The Labute approximate surface area is 93.3 Å². The highest BCUT2D eigenvalue weighted by Crippen LogP contribution is 2.28. The van der Waals surface area contributed by atoms with Crippen LogP contribution in [-0.2, 0) is 0 Å². The first kappa shape index (κ1) is 9.88. The fourth-order valence-electron chi connectivity index (χ4n) is 1.47. The smallest absolute Gasteiger partial charge is 0.129 e. The molecule has 0 amide bonds. The number of benzene rings is 1. The van der Waals surface area contributed by atoms with Gasteiger partial charge in [-0.05, 0) is 37.1 Å². The van der Waals surface area contributed by atoms with E-state index in [9.17, 15) is 0 Å². The SMILES string of the molecule is Clc1cc(Cl)cc(OC2=CCCC2)c1. The van der Waals surface area contributed by atoms with Crippen molar-refractivity contribution in [3.05, 3.63) is 40.1 Å². The highest BCUT2D eigenvalue weighted by molar-refractivity contribution is 6.34. The average Bonchev–Trinajstić information content (AvgIpc) is 2.54. The molecule has 0 saturated heterocycles. The van der Waals surface area contributed by atoms with Crippen molar-refractivity contribution in [2.24, 2.45) is 0 Å². The van der Waals surface area contributed by atoms with E-state index >= 15 is 0 Å². The lowest BCUT2D eigenvalue weighted by molar-refractivity contribution is 0.412. The maximum Gasteiger partial charge on any atom is 0.129 e. The van der Waals surface area contributed by atoms with E-state index in [2.05, 4.69) is 6.08 Å². The third kappa shape index (κ3) is 2.43. The lowest BCUT2D eigenvalue weighted by Gasteiger charge is -2.06. The van der Waals surface area contributed by atoms with Crippen LogP contribution in [0.5, 0.6) is 5.75 Å². The normalized spacial score (nSPS) is 15.4. The second-order valence-electron chi connectivity index (χ2n) is 3.27. The van der Waals surface area contributed by atoms with Crippen molar-refractivity contribution >= 4 is 23.2 Å². The average molecular weight is 229 g/mol. The van der Waals surface area contributed by atoms with Crippen LogP contribution in [0, 0.1) is 0 Å². The van der Waals surface area contributed by atoms with Gasteiger partial charge in [-0.3, -0.25) is 0 Å². The molecule has 0 heterocycles. The van der Waals surface area contributed by atoms with Crippen molar-refractivity contribution in [2.75, 3.05) is 0 Å². The van der Waals surface area contributed by atoms with Crippen LogP contribution < -0.4 is 4.74 Å². The third-order valence-corrected chi connectivity index (χ3v) is 2.52. The van der Waals surface area contributed by atoms with Crippen molar-refractivity contribution < 1.29 is 4.74 Å². The Hall–Kier alpha value is -0.660. The fourth-order valence-corrected chi connectivity index (χ4v) is 1.98. The lowest BCUT2D eigenvalue weighted by Crippen LogP contribution is -1.91. The molecule has 3 heteroatoms. The third-order valence-electron chi connectivity index (χ3n) is 2.08. The van der Waals surface area contributed by atoms with Crippen molar-refractivity contribution in [1.29, 1.82) is 0 Å². The summed E-state index contributed by atoms with van der Waals surface area (Å²) in [5, 5.41) is 1.21. The number of halogens is 2. The van der Waals surface area contributed by atoms with Crippen LogP contribution in [0.4, 0.5) is 0 Å². The van der Waals surface area contributed by atoms with E-state index in [1.165, 1.54) is 6.42 Å². The van der Waals surface area contributed by atoms with E-state index in [0.29, 0.717) is 10.0 Å². The molecule has 0 bridgehead atoms. The van der Waals surface area contributed by atoms with Gasteiger partial charge in [-0.1, -0.05) is 23.2 Å². The second-order valence-corrected chi connectivity index (χ2v) is 4.14. The summed E-state index contributed by atoms with van der Waals surface area (Å²) in [4.78, 5) is 0. The van der Waals surface area contributed by atoms with Crippen molar-refractivity contribution in [3.8, 4) is 5.75 Å². The molecule has 1 aromatic rings. The van der Waals surface area contributed by atoms with Crippen molar-refractivity contribution in [3.63, 3.8) is 0 Å². The van der Waals surface area contributed by atoms with E-state index in [1.807, 2.05) is 0 Å². The van der Waals surface area contributed by atoms with Gasteiger partial charge in [0.1, 0.15) is 11.5 Å². The van der Waals surface area contributed by atoms with Crippen LogP contribution in [0.3, 0.4) is 0 Å². The number of rotatable bonds is 2. The van der Waals surface area contributed by atoms with Gasteiger partial charge in [-0.15, -0.1) is 0 Å². The van der Waals surface area contributed by atoms with Gasteiger partial charge < -0.3 is 4.74 Å². The molecule has 74 valence electrons. The maximum absolute atomic E-state index is 5.85. The zero-order valence-electron chi connectivity index (χ0n) is 7.59. The minimum atomic E-state index is 0.603. The monoisotopic (exact) mass is 228 g/mol. The number of allylic oxidation sites excluding steroid dienone is 2. The van der Waals surface area contributed by atoms with Crippen LogP contribution in [0.2, 0.25) is 10.0 Å². The maximum atomic E-state index is 5.85. The topological polar surface area (TPSA) is 9.23 Å². The van der Waals surface area contributed by atoms with Crippen molar-refractivity contribution in [1.82, 2.24) is 0 Å². The first-order valence-electron chi connectivity index (χ1n) is 4.57. The Morgan fingerprint density at radius 1 is 1.07 bits per heavy atom. The molecule has 14 heavy (non-hydrogen) atoms. The second kappa shape index (κ2) is 4.24. The fraction of sp³-hybridized carbons (Fsp3) is 0.273. The predicted molar refractivity (Wildman–Crippen MR) is 59.0 cm³/mol. The van der Waals surface area contributed by atoms with Gasteiger partial charge in [0.2, 0.25) is 0 Å². The Bertz CT molecular complexity index is 351. The Balaban J connectivity index is 2.15. The van der Waals surface area contributed by atoms with E-state index in [-0.39, 0.29) is 0 Å². The quantitative estimate of drug-likeness (QED) is 0.728. The van der Waals surface area contributed by atoms with Crippen molar-refractivity contribution in [2.45, 2.75) is 19.3 Å². The van der Waals surface area contributed by atoms with Gasteiger partial charge in [0, 0.05) is 16.5 Å². The zero-order valence-corrected chi connectivity index (χ0v) is 9.11. The molecule has 0 unspecified atom stereocenters. The summed E-state index contributed by atoms with van der Waals surface area (Å²) in [6, 6.07) is 5.23. The summed E-state index contributed by atoms with van der Waals surface area (Å²) < 4.78 is 5.63. The summed E-state index contributed by atoms with van der Waals surface area (Å²) in [5.74, 6) is 1.74. The van der Waals surface area contributed by atoms with E-state index in [4.69, 9.17) is 27.9 Å². The van der Waals surface area contributed by atoms with Gasteiger partial charge in [0.05, 0.1) is 0 Å². The van der Waals surface area contributed by atoms with E-state index in [1.54, 1.807) is 18.2 Å². The van der Waals surface area contributed by atoms with Gasteiger partial charge in [-0.25, -0.2) is 0 Å². The van der Waals surface area contributed by atoms with Gasteiger partial charge in [-0.2, -0.15) is 0 Å². The predicted octanol–water partition coefficient (Wildman–Crippen LogP) is 4.44. The molecule has 0 N–H and O–H groups in total. The lowest BCUT2D eigenvalue weighted by atomic mass is 10.3. The van der Waals surface area contributed by atoms with Crippen LogP contribution in [0.15, 0.2) is 30.0 Å². The summed E-state index contributed by atoms with van der Waals surface area (Å²) >= 11 is 11.7. The summed E-state index contributed by atoms with van der Waals surface area (Å²) in [6.07, 6.45) is 5.38. The van der Waals surface area contributed by atoms with Crippen LogP contribution in [0.1, 0.15) is 19.3 Å². The van der Waals surface area contributed by atoms with Gasteiger partial charge in [0.15, 0.2) is 0 Å². The van der Waals surface area contributed by atoms with Gasteiger partial charge in [0.25, 0.3) is 0 Å². The summed E-state index contributed by atoms with van der Waals surface area (Å²) in [6.45, 7) is 0. The molecular formula is C11H10Cl2O. The zero-order chi connectivity index (χ0) is 9.97. The molecule has 0 radical (unpaired) electrons. The van der Waals surface area contributed by atoms with Crippen LogP contribution >= 0.6 is 23.2 Å². The molecule has 0 spiro atoms. The highest BCUT2D eigenvalue weighted by atomic mass is 35.5. The molecule has 2 rings (SSSR count). The number of hydrogen-bond acceptors (Lipinski definition) is 1. The largest absolute Gasteiger partial charge is 0.462 e. The minimum Gasteiger partial charge on any atom is -0.462 e.